The molecule has 3 heterocycles. The van der Waals surface area contributed by atoms with Gasteiger partial charge in [0.2, 0.25) is 0 Å². The number of anilines is 2. The van der Waals surface area contributed by atoms with Crippen LogP contribution in [0.1, 0.15) is 18.9 Å². The molecular formula is C16H23N3O3. The zero-order chi connectivity index (χ0) is 15.7. The van der Waals surface area contributed by atoms with Crippen molar-refractivity contribution < 1.29 is 14.3 Å². The molecule has 2 aliphatic heterocycles. The van der Waals surface area contributed by atoms with E-state index < -0.39 is 6.10 Å². The molecule has 120 valence electrons. The molecule has 6 nitrogen and oxygen atoms in total. The summed E-state index contributed by atoms with van der Waals surface area (Å²) in [5, 5.41) is 0. The summed E-state index contributed by atoms with van der Waals surface area (Å²) in [6.45, 7) is 3.61. The van der Waals surface area contributed by atoms with Crippen molar-refractivity contribution in [3.8, 4) is 0 Å². The molecule has 1 amide bonds. The number of hydrogen-bond donors (Lipinski definition) is 0. The second-order valence-electron chi connectivity index (χ2n) is 6.00. The number of hydrogen-bond acceptors (Lipinski definition) is 5. The Kier molecular flexibility index (Phi) is 4.31. The lowest BCUT2D eigenvalue weighted by molar-refractivity contribution is -0.159. The summed E-state index contributed by atoms with van der Waals surface area (Å²) in [5.41, 5.74) is 2.09. The fraction of sp³-hybridized carbons (Fsp3) is 0.625. The molecule has 0 aliphatic carbocycles. The number of nitrogens with zero attached hydrogens (tertiary/aromatic N) is 3. The Labute approximate surface area is 131 Å². The van der Waals surface area contributed by atoms with Gasteiger partial charge in [-0.25, -0.2) is 4.98 Å². The van der Waals surface area contributed by atoms with Crippen LogP contribution in [0.25, 0.3) is 0 Å². The second kappa shape index (κ2) is 6.22. The molecule has 6 heteroatoms. The molecule has 0 radical (unpaired) electrons. The summed E-state index contributed by atoms with van der Waals surface area (Å²) in [4.78, 5) is 21.2. The van der Waals surface area contributed by atoms with Crippen LogP contribution in [0.3, 0.4) is 0 Å². The van der Waals surface area contributed by atoms with E-state index in [1.165, 1.54) is 5.56 Å². The molecule has 0 saturated carbocycles. The zero-order valence-electron chi connectivity index (χ0n) is 13.4. The first-order valence-corrected chi connectivity index (χ1v) is 7.79. The lowest BCUT2D eigenvalue weighted by atomic mass is 10.0. The molecule has 1 aromatic rings. The van der Waals surface area contributed by atoms with Crippen molar-refractivity contribution in [2.75, 3.05) is 43.7 Å². The van der Waals surface area contributed by atoms with Gasteiger partial charge in [-0.05, 0) is 31.4 Å². The highest BCUT2D eigenvalue weighted by molar-refractivity contribution is 6.00. The molecule has 2 atom stereocenters. The Hall–Kier alpha value is -1.66. The minimum Gasteiger partial charge on any atom is -0.373 e. The van der Waals surface area contributed by atoms with Crippen LogP contribution in [-0.2, 0) is 20.7 Å². The fourth-order valence-electron chi connectivity index (χ4n) is 3.12. The van der Waals surface area contributed by atoms with Gasteiger partial charge in [0.15, 0.2) is 11.9 Å². The van der Waals surface area contributed by atoms with Crippen LogP contribution in [-0.4, -0.2) is 57.0 Å². The van der Waals surface area contributed by atoms with Crippen molar-refractivity contribution in [2.24, 2.45) is 0 Å². The van der Waals surface area contributed by atoms with E-state index in [9.17, 15) is 4.79 Å². The van der Waals surface area contributed by atoms with Gasteiger partial charge < -0.3 is 19.3 Å². The number of aryl methyl sites for hydroxylation is 1. The predicted octanol–water partition coefficient (Wildman–Crippen LogP) is 1.23. The number of rotatable bonds is 2. The first kappa shape index (κ1) is 15.2. The van der Waals surface area contributed by atoms with Gasteiger partial charge in [0.1, 0.15) is 0 Å². The van der Waals surface area contributed by atoms with E-state index in [1.54, 1.807) is 0 Å². The van der Waals surface area contributed by atoms with Crippen molar-refractivity contribution in [2.45, 2.75) is 32.0 Å². The quantitative estimate of drug-likeness (QED) is 0.822. The maximum Gasteiger partial charge on any atom is 0.258 e. The minimum absolute atomic E-state index is 0.0238. The highest BCUT2D eigenvalue weighted by Gasteiger charge is 2.36. The van der Waals surface area contributed by atoms with Crippen molar-refractivity contribution >= 4 is 17.4 Å². The lowest BCUT2D eigenvalue weighted by Crippen LogP contribution is -2.51. The van der Waals surface area contributed by atoms with Crippen LogP contribution in [0.5, 0.6) is 0 Å². The van der Waals surface area contributed by atoms with E-state index in [2.05, 4.69) is 4.98 Å². The molecule has 0 N–H and O–H groups in total. The van der Waals surface area contributed by atoms with Crippen LogP contribution < -0.4 is 9.80 Å². The molecule has 3 rings (SSSR count). The number of aromatic nitrogens is 1. The Balaban J connectivity index is 1.95. The summed E-state index contributed by atoms with van der Waals surface area (Å²) in [6, 6.07) is 2.00. The number of amides is 1. The molecule has 1 aromatic heterocycles. The summed E-state index contributed by atoms with van der Waals surface area (Å²) >= 11 is 0. The molecule has 22 heavy (non-hydrogen) atoms. The van der Waals surface area contributed by atoms with Crippen molar-refractivity contribution in [1.82, 2.24) is 4.98 Å². The number of fused-ring (bicyclic) bond motifs is 1. The Morgan fingerprint density at radius 3 is 2.86 bits per heavy atom. The maximum absolute atomic E-state index is 13.0. The van der Waals surface area contributed by atoms with Gasteiger partial charge in [-0.15, -0.1) is 0 Å². The largest absolute Gasteiger partial charge is 0.373 e. The maximum atomic E-state index is 13.0. The minimum atomic E-state index is -0.532. The van der Waals surface area contributed by atoms with E-state index in [0.717, 1.165) is 24.3 Å². The molecule has 0 spiro atoms. The van der Waals surface area contributed by atoms with Gasteiger partial charge in [0.05, 0.1) is 25.0 Å². The molecule has 1 fully saturated rings. The molecule has 0 aromatic carbocycles. The standard InChI is InChI=1S/C16H23N3O3/c1-11-14(22-10-9-21-11)16(20)19-8-4-5-12-6-7-17-15(13(12)19)18(2)3/h6-7,11,14H,4-5,8-10H2,1-3H3/t11-,14-/m0/s1. The van der Waals surface area contributed by atoms with Crippen LogP contribution >= 0.6 is 0 Å². The van der Waals surface area contributed by atoms with Gasteiger partial charge >= 0.3 is 0 Å². The zero-order valence-corrected chi connectivity index (χ0v) is 13.4. The molecule has 1 saturated heterocycles. The predicted molar refractivity (Wildman–Crippen MR) is 84.4 cm³/mol. The topological polar surface area (TPSA) is 54.9 Å². The SMILES string of the molecule is C[C@@H]1OCCO[C@@H]1C(=O)N1CCCc2ccnc(N(C)C)c21. The van der Waals surface area contributed by atoms with Crippen LogP contribution in [0.4, 0.5) is 11.5 Å². The fourth-order valence-corrected chi connectivity index (χ4v) is 3.12. The van der Waals surface area contributed by atoms with Crippen molar-refractivity contribution in [3.05, 3.63) is 17.8 Å². The third-order valence-electron chi connectivity index (χ3n) is 4.21. The molecular weight excluding hydrogens is 282 g/mol. The van der Waals surface area contributed by atoms with Gasteiger partial charge in [-0.1, -0.05) is 0 Å². The van der Waals surface area contributed by atoms with E-state index in [0.29, 0.717) is 19.8 Å². The van der Waals surface area contributed by atoms with E-state index >= 15 is 0 Å². The Bertz CT molecular complexity index is 562. The number of carbonyl (C=O) groups is 1. The first-order valence-electron chi connectivity index (χ1n) is 7.79. The smallest absolute Gasteiger partial charge is 0.258 e. The summed E-state index contributed by atoms with van der Waals surface area (Å²) in [7, 11) is 3.89. The average Bonchev–Trinajstić information content (AvgIpc) is 2.53. The Morgan fingerprint density at radius 1 is 1.36 bits per heavy atom. The number of ether oxygens (including phenoxy) is 2. The summed E-state index contributed by atoms with van der Waals surface area (Å²) in [5.74, 6) is 0.805. The van der Waals surface area contributed by atoms with E-state index in [4.69, 9.17) is 9.47 Å². The van der Waals surface area contributed by atoms with Crippen LogP contribution in [0, 0.1) is 0 Å². The highest BCUT2D eigenvalue weighted by Crippen LogP contribution is 2.35. The summed E-state index contributed by atoms with van der Waals surface area (Å²) in [6.07, 6.45) is 2.99. The monoisotopic (exact) mass is 305 g/mol. The third kappa shape index (κ3) is 2.68. The molecule has 2 aliphatic rings. The Morgan fingerprint density at radius 2 is 2.14 bits per heavy atom. The third-order valence-corrected chi connectivity index (χ3v) is 4.21. The van der Waals surface area contributed by atoms with Gasteiger partial charge in [0, 0.05) is 26.8 Å². The second-order valence-corrected chi connectivity index (χ2v) is 6.00. The number of pyridine rings is 1. The van der Waals surface area contributed by atoms with E-state index in [-0.39, 0.29) is 12.0 Å². The average molecular weight is 305 g/mol. The lowest BCUT2D eigenvalue weighted by Gasteiger charge is -2.37. The molecule has 0 unspecified atom stereocenters. The number of carbonyl (C=O) groups excluding carboxylic acids is 1. The van der Waals surface area contributed by atoms with Gasteiger partial charge in [0.25, 0.3) is 5.91 Å². The van der Waals surface area contributed by atoms with Crippen molar-refractivity contribution in [1.29, 1.82) is 0 Å². The van der Waals surface area contributed by atoms with Crippen LogP contribution in [0.2, 0.25) is 0 Å². The van der Waals surface area contributed by atoms with Gasteiger partial charge in [-0.3, -0.25) is 4.79 Å². The normalized spacial score (nSPS) is 24.8. The molecule has 0 bridgehead atoms. The van der Waals surface area contributed by atoms with Crippen LogP contribution in [0.15, 0.2) is 12.3 Å². The first-order chi connectivity index (χ1) is 10.6. The van der Waals surface area contributed by atoms with E-state index in [1.807, 2.05) is 43.1 Å². The van der Waals surface area contributed by atoms with Gasteiger partial charge in [-0.2, -0.15) is 0 Å². The highest BCUT2D eigenvalue weighted by atomic mass is 16.6. The van der Waals surface area contributed by atoms with Crippen molar-refractivity contribution in [3.63, 3.8) is 0 Å². The summed E-state index contributed by atoms with van der Waals surface area (Å²) < 4.78 is 11.2.